The maximum atomic E-state index is 13.6. The maximum absolute atomic E-state index is 13.6. The molecular weight excluding hydrogens is 406 g/mol. The van der Waals surface area contributed by atoms with E-state index in [0.717, 1.165) is 43.1 Å². The summed E-state index contributed by atoms with van der Waals surface area (Å²) in [6.45, 7) is 4.45. The number of carbonyl (C=O) groups excluding carboxylic acids is 1. The normalized spacial score (nSPS) is 18.0. The molecular formula is C23H29N7O2. The van der Waals surface area contributed by atoms with Crippen LogP contribution in [0.1, 0.15) is 38.2 Å². The summed E-state index contributed by atoms with van der Waals surface area (Å²) in [5, 5.41) is 15.9. The number of carbonyl (C=O) groups is 1. The number of hydrogen-bond donors (Lipinski definition) is 0. The van der Waals surface area contributed by atoms with E-state index in [-0.39, 0.29) is 17.9 Å². The first-order valence-electron chi connectivity index (χ1n) is 11.4. The summed E-state index contributed by atoms with van der Waals surface area (Å²) in [5.74, 6) is 2.63. The lowest BCUT2D eigenvalue weighted by Gasteiger charge is -2.37. The van der Waals surface area contributed by atoms with Gasteiger partial charge in [0.05, 0.1) is 7.11 Å². The molecule has 1 amide bonds. The van der Waals surface area contributed by atoms with Gasteiger partial charge in [0, 0.05) is 31.6 Å². The maximum Gasteiger partial charge on any atom is 0.226 e. The lowest BCUT2D eigenvalue weighted by Crippen LogP contribution is -2.46. The number of ether oxygens (including phenoxy) is 1. The van der Waals surface area contributed by atoms with E-state index in [9.17, 15) is 4.79 Å². The highest BCUT2D eigenvalue weighted by Gasteiger charge is 2.37. The van der Waals surface area contributed by atoms with Crippen molar-refractivity contribution in [3.8, 4) is 5.75 Å². The third kappa shape index (κ3) is 4.24. The van der Waals surface area contributed by atoms with Gasteiger partial charge in [-0.3, -0.25) is 4.79 Å². The average molecular weight is 436 g/mol. The standard InChI is InChI=1S/C23H29N7O2/c1-16(18-5-6-18)29(15-17-3-7-20(32-2)8-4-17)23(31)19-11-13-28(14-12-19)22-10-9-21-24-26-27-30(21)25-22/h3-4,7-10,16,18-19H,5-6,11-15H2,1-2H3. The van der Waals surface area contributed by atoms with Crippen LogP contribution in [0.25, 0.3) is 5.65 Å². The van der Waals surface area contributed by atoms with Crippen LogP contribution in [0.3, 0.4) is 0 Å². The molecule has 32 heavy (non-hydrogen) atoms. The molecule has 0 N–H and O–H groups in total. The monoisotopic (exact) mass is 435 g/mol. The fraction of sp³-hybridized carbons (Fsp3) is 0.522. The van der Waals surface area contributed by atoms with E-state index in [1.54, 1.807) is 7.11 Å². The minimum absolute atomic E-state index is 0.0440. The van der Waals surface area contributed by atoms with Gasteiger partial charge in [0.2, 0.25) is 5.91 Å². The Labute approximate surface area is 187 Å². The molecule has 0 radical (unpaired) electrons. The number of rotatable bonds is 7. The van der Waals surface area contributed by atoms with Gasteiger partial charge in [-0.1, -0.05) is 12.1 Å². The van der Waals surface area contributed by atoms with Gasteiger partial charge in [-0.2, -0.15) is 0 Å². The zero-order valence-corrected chi connectivity index (χ0v) is 18.6. The molecule has 1 aromatic carbocycles. The van der Waals surface area contributed by atoms with Crippen molar-refractivity contribution < 1.29 is 9.53 Å². The van der Waals surface area contributed by atoms with Crippen LogP contribution >= 0.6 is 0 Å². The first-order chi connectivity index (χ1) is 15.6. The van der Waals surface area contributed by atoms with Gasteiger partial charge < -0.3 is 14.5 Å². The fourth-order valence-electron chi connectivity index (χ4n) is 4.58. The Kier molecular flexibility index (Phi) is 5.63. The predicted octanol–water partition coefficient (Wildman–Crippen LogP) is 2.57. The first kappa shape index (κ1) is 20.7. The Morgan fingerprint density at radius 1 is 1.12 bits per heavy atom. The molecule has 168 valence electrons. The third-order valence-electron chi connectivity index (χ3n) is 6.81. The van der Waals surface area contributed by atoms with Crippen molar-refractivity contribution in [3.63, 3.8) is 0 Å². The zero-order valence-electron chi connectivity index (χ0n) is 18.6. The average Bonchev–Trinajstić information content (AvgIpc) is 3.59. The summed E-state index contributed by atoms with van der Waals surface area (Å²) in [6, 6.07) is 12.1. The molecule has 0 bridgehead atoms. The van der Waals surface area contributed by atoms with Gasteiger partial charge in [-0.25, -0.2) is 0 Å². The number of anilines is 1. The molecule has 1 aliphatic heterocycles. The Morgan fingerprint density at radius 2 is 1.88 bits per heavy atom. The summed E-state index contributed by atoms with van der Waals surface area (Å²) in [4.78, 5) is 17.9. The van der Waals surface area contributed by atoms with Crippen molar-refractivity contribution in [1.29, 1.82) is 0 Å². The van der Waals surface area contributed by atoms with Gasteiger partial charge in [-0.15, -0.1) is 14.8 Å². The van der Waals surface area contributed by atoms with Crippen LogP contribution in [0.2, 0.25) is 0 Å². The summed E-state index contributed by atoms with van der Waals surface area (Å²) < 4.78 is 6.72. The Bertz CT molecular complexity index is 1070. The lowest BCUT2D eigenvalue weighted by atomic mass is 9.94. The SMILES string of the molecule is COc1ccc(CN(C(=O)C2CCN(c3ccc4nnnn4n3)CC2)C(C)C2CC2)cc1. The second-order valence-electron chi connectivity index (χ2n) is 8.87. The van der Waals surface area contributed by atoms with Gasteiger partial charge >= 0.3 is 0 Å². The highest BCUT2D eigenvalue weighted by atomic mass is 16.5. The van der Waals surface area contributed by atoms with Gasteiger partial charge in [0.15, 0.2) is 11.5 Å². The highest BCUT2D eigenvalue weighted by Crippen LogP contribution is 2.37. The molecule has 1 unspecified atom stereocenters. The van der Waals surface area contributed by atoms with Crippen molar-refractivity contribution in [2.24, 2.45) is 11.8 Å². The summed E-state index contributed by atoms with van der Waals surface area (Å²) in [7, 11) is 1.67. The largest absolute Gasteiger partial charge is 0.497 e. The molecule has 2 aromatic heterocycles. The number of methoxy groups -OCH3 is 1. The predicted molar refractivity (Wildman–Crippen MR) is 119 cm³/mol. The van der Waals surface area contributed by atoms with Crippen LogP contribution in [-0.2, 0) is 11.3 Å². The Balaban J connectivity index is 1.26. The number of tetrazole rings is 1. The minimum Gasteiger partial charge on any atom is -0.497 e. The number of amides is 1. The van der Waals surface area contributed by atoms with Gasteiger partial charge in [-0.05, 0) is 78.8 Å². The van der Waals surface area contributed by atoms with Crippen LogP contribution < -0.4 is 9.64 Å². The zero-order chi connectivity index (χ0) is 22.1. The van der Waals surface area contributed by atoms with E-state index < -0.39 is 0 Å². The van der Waals surface area contributed by atoms with Gasteiger partial charge in [0.25, 0.3) is 0 Å². The third-order valence-corrected chi connectivity index (χ3v) is 6.81. The smallest absolute Gasteiger partial charge is 0.226 e. The van der Waals surface area contributed by atoms with Crippen LogP contribution in [-0.4, -0.2) is 62.3 Å². The Morgan fingerprint density at radius 3 is 2.56 bits per heavy atom. The molecule has 3 aromatic rings. The molecule has 1 saturated heterocycles. The second-order valence-corrected chi connectivity index (χ2v) is 8.87. The molecule has 1 saturated carbocycles. The van der Waals surface area contributed by atoms with Crippen molar-refractivity contribution in [2.45, 2.75) is 45.2 Å². The van der Waals surface area contributed by atoms with Crippen LogP contribution in [0.5, 0.6) is 5.75 Å². The summed E-state index contributed by atoms with van der Waals surface area (Å²) >= 11 is 0. The Hall–Kier alpha value is -3.23. The van der Waals surface area contributed by atoms with E-state index in [0.29, 0.717) is 18.1 Å². The summed E-state index contributed by atoms with van der Waals surface area (Å²) in [5.41, 5.74) is 1.77. The molecule has 3 heterocycles. The van der Waals surface area contributed by atoms with E-state index in [1.807, 2.05) is 24.3 Å². The topological polar surface area (TPSA) is 88.8 Å². The van der Waals surface area contributed by atoms with Crippen molar-refractivity contribution in [2.75, 3.05) is 25.1 Å². The van der Waals surface area contributed by atoms with Crippen LogP contribution in [0.15, 0.2) is 36.4 Å². The molecule has 9 nitrogen and oxygen atoms in total. The quantitative estimate of drug-likeness (QED) is 0.563. The molecule has 1 aliphatic carbocycles. The molecule has 2 aliphatic rings. The number of aromatic nitrogens is 5. The fourth-order valence-corrected chi connectivity index (χ4v) is 4.58. The second kappa shape index (κ2) is 8.72. The number of fused-ring (bicyclic) bond motifs is 1. The number of piperidine rings is 1. The van der Waals surface area contributed by atoms with E-state index in [2.05, 4.69) is 49.5 Å². The highest BCUT2D eigenvalue weighted by molar-refractivity contribution is 5.79. The number of benzene rings is 1. The molecule has 9 heteroatoms. The van der Waals surface area contributed by atoms with Crippen LogP contribution in [0, 0.1) is 11.8 Å². The number of nitrogens with zero attached hydrogens (tertiary/aromatic N) is 7. The number of hydrogen-bond acceptors (Lipinski definition) is 7. The molecule has 1 atom stereocenters. The van der Waals surface area contributed by atoms with Gasteiger partial charge in [0.1, 0.15) is 5.75 Å². The van der Waals surface area contributed by atoms with E-state index in [1.165, 1.54) is 17.5 Å². The van der Waals surface area contributed by atoms with E-state index >= 15 is 0 Å². The first-order valence-corrected chi connectivity index (χ1v) is 11.4. The molecule has 5 rings (SSSR count). The molecule has 0 spiro atoms. The van der Waals surface area contributed by atoms with Crippen molar-refractivity contribution >= 4 is 17.4 Å². The van der Waals surface area contributed by atoms with Crippen molar-refractivity contribution in [3.05, 3.63) is 42.0 Å². The minimum atomic E-state index is 0.0440. The molecule has 2 fully saturated rings. The lowest BCUT2D eigenvalue weighted by molar-refractivity contribution is -0.139. The van der Waals surface area contributed by atoms with Crippen molar-refractivity contribution in [1.82, 2.24) is 30.2 Å². The summed E-state index contributed by atoms with van der Waals surface area (Å²) in [6.07, 6.45) is 4.09. The van der Waals surface area contributed by atoms with E-state index in [4.69, 9.17) is 4.74 Å². The van der Waals surface area contributed by atoms with Crippen LogP contribution in [0.4, 0.5) is 5.82 Å².